The molecule has 0 aliphatic carbocycles. The fourth-order valence-electron chi connectivity index (χ4n) is 2.83. The number of para-hydroxylation sites is 1. The number of aromatic nitrogens is 1. The van der Waals surface area contributed by atoms with Gasteiger partial charge in [0, 0.05) is 23.7 Å². The summed E-state index contributed by atoms with van der Waals surface area (Å²) in [6.45, 7) is 0.890. The number of benzene rings is 2. The first-order valence-corrected chi connectivity index (χ1v) is 7.40. The normalized spacial score (nSPS) is 11.3. The Hall–Kier alpha value is -2.23. The van der Waals surface area contributed by atoms with Crippen molar-refractivity contribution in [2.45, 2.75) is 13.2 Å². The lowest BCUT2D eigenvalue weighted by Crippen LogP contribution is -2.11. The second-order valence-corrected chi connectivity index (χ2v) is 5.77. The maximum absolute atomic E-state index is 9.78. The second kappa shape index (κ2) is 6.26. The van der Waals surface area contributed by atoms with Crippen molar-refractivity contribution in [1.82, 2.24) is 9.88 Å². The van der Waals surface area contributed by atoms with Gasteiger partial charge in [0.25, 0.3) is 0 Å². The van der Waals surface area contributed by atoms with Crippen molar-refractivity contribution in [3.8, 4) is 11.1 Å². The van der Waals surface area contributed by atoms with Crippen LogP contribution in [0, 0.1) is 0 Å². The summed E-state index contributed by atoms with van der Waals surface area (Å²) in [5, 5.41) is 10.9. The predicted molar refractivity (Wildman–Crippen MR) is 90.5 cm³/mol. The molecule has 1 N–H and O–H groups in total. The Morgan fingerprint density at radius 2 is 1.82 bits per heavy atom. The van der Waals surface area contributed by atoms with Gasteiger partial charge in [0.05, 0.1) is 12.1 Å². The standard InChI is InChI=1S/C19H20N2O/c1-21(2)12-14-8-9-17(16(11-14)13-22)18-7-3-5-15-6-4-10-20-19(15)18/h3-11,22H,12-13H2,1-2H3. The van der Waals surface area contributed by atoms with Crippen LogP contribution in [-0.4, -0.2) is 29.1 Å². The molecule has 0 amide bonds. The van der Waals surface area contributed by atoms with E-state index < -0.39 is 0 Å². The van der Waals surface area contributed by atoms with Crippen LogP contribution in [0.3, 0.4) is 0 Å². The van der Waals surface area contributed by atoms with Gasteiger partial charge in [-0.1, -0.05) is 42.5 Å². The number of hydrogen-bond donors (Lipinski definition) is 1. The van der Waals surface area contributed by atoms with Crippen LogP contribution in [0.1, 0.15) is 11.1 Å². The van der Waals surface area contributed by atoms with Gasteiger partial charge in [-0.15, -0.1) is 0 Å². The van der Waals surface area contributed by atoms with Crippen LogP contribution >= 0.6 is 0 Å². The molecule has 3 heteroatoms. The molecule has 0 aliphatic heterocycles. The SMILES string of the molecule is CN(C)Cc1ccc(-c2cccc3cccnc23)c(CO)c1. The third-order valence-corrected chi connectivity index (χ3v) is 3.76. The van der Waals surface area contributed by atoms with Crippen molar-refractivity contribution >= 4 is 10.9 Å². The van der Waals surface area contributed by atoms with Crippen LogP contribution in [-0.2, 0) is 13.2 Å². The number of rotatable bonds is 4. The largest absolute Gasteiger partial charge is 0.392 e. The molecule has 1 aromatic heterocycles. The monoisotopic (exact) mass is 292 g/mol. The van der Waals surface area contributed by atoms with Crippen molar-refractivity contribution in [3.05, 3.63) is 65.9 Å². The van der Waals surface area contributed by atoms with E-state index in [9.17, 15) is 5.11 Å². The Bertz CT molecular complexity index is 791. The average Bonchev–Trinajstić information content (AvgIpc) is 2.54. The fraction of sp³-hybridized carbons (Fsp3) is 0.211. The summed E-state index contributed by atoms with van der Waals surface area (Å²) in [7, 11) is 4.09. The molecule has 0 bridgehead atoms. The zero-order valence-corrected chi connectivity index (χ0v) is 13.0. The first-order chi connectivity index (χ1) is 10.7. The van der Waals surface area contributed by atoms with E-state index in [1.165, 1.54) is 5.56 Å². The van der Waals surface area contributed by atoms with Gasteiger partial charge < -0.3 is 10.0 Å². The van der Waals surface area contributed by atoms with E-state index in [4.69, 9.17) is 0 Å². The predicted octanol–water partition coefficient (Wildman–Crippen LogP) is 3.46. The van der Waals surface area contributed by atoms with E-state index in [2.05, 4.69) is 46.3 Å². The third-order valence-electron chi connectivity index (χ3n) is 3.76. The lowest BCUT2D eigenvalue weighted by Gasteiger charge is -2.14. The van der Waals surface area contributed by atoms with Crippen molar-refractivity contribution in [2.24, 2.45) is 0 Å². The van der Waals surface area contributed by atoms with Crippen LogP contribution in [0.2, 0.25) is 0 Å². The molecule has 3 nitrogen and oxygen atoms in total. The highest BCUT2D eigenvalue weighted by atomic mass is 16.3. The number of pyridine rings is 1. The van der Waals surface area contributed by atoms with Gasteiger partial charge in [-0.05, 0) is 36.9 Å². The van der Waals surface area contributed by atoms with Crippen molar-refractivity contribution in [3.63, 3.8) is 0 Å². The molecule has 0 saturated heterocycles. The first-order valence-electron chi connectivity index (χ1n) is 7.40. The molecule has 22 heavy (non-hydrogen) atoms. The number of aliphatic hydroxyl groups is 1. The van der Waals surface area contributed by atoms with E-state index in [1.54, 1.807) is 0 Å². The topological polar surface area (TPSA) is 36.4 Å². The zero-order valence-electron chi connectivity index (χ0n) is 13.0. The number of nitrogens with zero attached hydrogens (tertiary/aromatic N) is 2. The summed E-state index contributed by atoms with van der Waals surface area (Å²) in [5.41, 5.74) is 5.23. The van der Waals surface area contributed by atoms with Gasteiger partial charge >= 0.3 is 0 Å². The molecule has 3 aromatic rings. The minimum absolute atomic E-state index is 0.0276. The molecule has 3 rings (SSSR count). The molecule has 112 valence electrons. The van der Waals surface area contributed by atoms with Crippen LogP contribution in [0.5, 0.6) is 0 Å². The maximum atomic E-state index is 9.78. The van der Waals surface area contributed by atoms with Gasteiger partial charge in [-0.2, -0.15) is 0 Å². The molecule has 2 aromatic carbocycles. The van der Waals surface area contributed by atoms with Crippen LogP contribution in [0.25, 0.3) is 22.0 Å². The van der Waals surface area contributed by atoms with Crippen molar-refractivity contribution in [1.29, 1.82) is 0 Å². The van der Waals surface area contributed by atoms with Crippen LogP contribution in [0.15, 0.2) is 54.7 Å². The maximum Gasteiger partial charge on any atom is 0.0780 e. The van der Waals surface area contributed by atoms with E-state index in [-0.39, 0.29) is 6.61 Å². The lowest BCUT2D eigenvalue weighted by atomic mass is 9.95. The van der Waals surface area contributed by atoms with E-state index in [0.717, 1.165) is 34.1 Å². The minimum Gasteiger partial charge on any atom is -0.392 e. The summed E-state index contributed by atoms with van der Waals surface area (Å²) >= 11 is 0. The quantitative estimate of drug-likeness (QED) is 0.800. The second-order valence-electron chi connectivity index (χ2n) is 5.77. The Morgan fingerprint density at radius 3 is 2.59 bits per heavy atom. The van der Waals surface area contributed by atoms with Gasteiger partial charge in [0.1, 0.15) is 0 Å². The summed E-state index contributed by atoms with van der Waals surface area (Å²) in [4.78, 5) is 6.63. The van der Waals surface area contributed by atoms with E-state index >= 15 is 0 Å². The molecule has 0 unspecified atom stereocenters. The lowest BCUT2D eigenvalue weighted by molar-refractivity contribution is 0.282. The zero-order chi connectivity index (χ0) is 15.5. The van der Waals surface area contributed by atoms with Gasteiger partial charge in [-0.25, -0.2) is 0 Å². The van der Waals surface area contributed by atoms with E-state index in [1.807, 2.05) is 32.4 Å². The molecular weight excluding hydrogens is 272 g/mol. The molecule has 0 aliphatic rings. The molecule has 0 saturated carbocycles. The van der Waals surface area contributed by atoms with E-state index in [0.29, 0.717) is 0 Å². The van der Waals surface area contributed by atoms with Crippen LogP contribution in [0.4, 0.5) is 0 Å². The smallest absolute Gasteiger partial charge is 0.0780 e. The molecule has 0 fully saturated rings. The molecule has 0 radical (unpaired) electrons. The number of aliphatic hydroxyl groups excluding tert-OH is 1. The number of hydrogen-bond acceptors (Lipinski definition) is 3. The number of fused-ring (bicyclic) bond motifs is 1. The Balaban J connectivity index is 2.14. The highest BCUT2D eigenvalue weighted by molar-refractivity contribution is 5.94. The Morgan fingerprint density at radius 1 is 1.00 bits per heavy atom. The minimum atomic E-state index is 0.0276. The summed E-state index contributed by atoms with van der Waals surface area (Å²) in [6, 6.07) is 16.5. The van der Waals surface area contributed by atoms with Crippen molar-refractivity contribution in [2.75, 3.05) is 14.1 Å². The third kappa shape index (κ3) is 2.86. The van der Waals surface area contributed by atoms with Gasteiger partial charge in [0.15, 0.2) is 0 Å². The highest BCUT2D eigenvalue weighted by Crippen LogP contribution is 2.30. The molecular formula is C19H20N2O. The van der Waals surface area contributed by atoms with Crippen molar-refractivity contribution < 1.29 is 5.11 Å². The fourth-order valence-corrected chi connectivity index (χ4v) is 2.83. The average molecular weight is 292 g/mol. The molecule has 1 heterocycles. The highest BCUT2D eigenvalue weighted by Gasteiger charge is 2.10. The summed E-state index contributed by atoms with van der Waals surface area (Å²) < 4.78 is 0. The molecule has 0 spiro atoms. The molecule has 0 atom stereocenters. The van der Waals surface area contributed by atoms with Gasteiger partial charge in [0.2, 0.25) is 0 Å². The van der Waals surface area contributed by atoms with Gasteiger partial charge in [-0.3, -0.25) is 4.98 Å². The van der Waals surface area contributed by atoms with Crippen LogP contribution < -0.4 is 0 Å². The summed E-state index contributed by atoms with van der Waals surface area (Å²) in [5.74, 6) is 0. The Labute approximate surface area is 130 Å². The first kappa shape index (κ1) is 14.7. The summed E-state index contributed by atoms with van der Waals surface area (Å²) in [6.07, 6.45) is 1.81. The Kier molecular flexibility index (Phi) is 4.18.